The number of hydrogen-bond acceptors (Lipinski definition) is 7. The summed E-state index contributed by atoms with van der Waals surface area (Å²) in [5, 5.41) is 48.3. The van der Waals surface area contributed by atoms with Gasteiger partial charge in [-0.1, -0.05) is 106 Å². The van der Waals surface area contributed by atoms with Gasteiger partial charge in [-0.15, -0.1) is 0 Å². The molecule has 2 saturated carbocycles. The maximum Gasteiger partial charge on any atom is 0.190 e. The molecule has 8 atom stereocenters. The van der Waals surface area contributed by atoms with Gasteiger partial charge in [0.1, 0.15) is 22.6 Å². The van der Waals surface area contributed by atoms with E-state index in [1.165, 1.54) is 0 Å². The largest absolute Gasteiger partial charge is 0.497 e. The van der Waals surface area contributed by atoms with E-state index in [2.05, 4.69) is 0 Å². The Labute approximate surface area is 276 Å². The molecule has 0 saturated heterocycles. The van der Waals surface area contributed by atoms with Crippen molar-refractivity contribution in [2.45, 2.75) is 62.6 Å². The van der Waals surface area contributed by atoms with Gasteiger partial charge in [0.15, 0.2) is 5.78 Å². The Morgan fingerprint density at radius 3 is 1.96 bits per heavy atom. The molecule has 0 spiro atoms. The van der Waals surface area contributed by atoms with E-state index in [0.717, 1.165) is 16.7 Å². The van der Waals surface area contributed by atoms with Crippen molar-refractivity contribution in [3.05, 3.63) is 125 Å². The zero-order chi connectivity index (χ0) is 33.6. The monoisotopic (exact) mass is 636 g/mol. The van der Waals surface area contributed by atoms with Crippen LogP contribution in [0.4, 0.5) is 0 Å². The van der Waals surface area contributed by atoms with E-state index in [4.69, 9.17) is 9.47 Å². The minimum absolute atomic E-state index is 0.0201. The molecule has 0 amide bonds. The fourth-order valence-electron chi connectivity index (χ4n) is 9.56. The van der Waals surface area contributed by atoms with Gasteiger partial charge >= 0.3 is 0 Å². The number of ether oxygens (including phenoxy) is 2. The molecule has 0 aliphatic heterocycles. The Morgan fingerprint density at radius 2 is 1.40 bits per heavy atom. The molecule has 0 heterocycles. The van der Waals surface area contributed by atoms with E-state index in [0.29, 0.717) is 16.9 Å². The molecular weight excluding hydrogens is 592 g/mol. The minimum Gasteiger partial charge on any atom is -0.497 e. The van der Waals surface area contributed by atoms with Gasteiger partial charge in [0.25, 0.3) is 0 Å². The molecule has 4 N–H and O–H groups in total. The van der Waals surface area contributed by atoms with E-state index in [9.17, 15) is 25.2 Å². The lowest BCUT2D eigenvalue weighted by Gasteiger charge is -2.51. The highest BCUT2D eigenvalue weighted by Gasteiger charge is 2.84. The molecule has 7 rings (SSSR count). The molecule has 0 radical (unpaired) electrons. The molecule has 3 aromatic rings. The van der Waals surface area contributed by atoms with Gasteiger partial charge in [-0.25, -0.2) is 0 Å². The van der Waals surface area contributed by atoms with Crippen LogP contribution in [0.5, 0.6) is 5.75 Å². The van der Waals surface area contributed by atoms with Crippen LogP contribution in [0.25, 0.3) is 0 Å². The number of carbonyl (C=O) groups is 1. The summed E-state index contributed by atoms with van der Waals surface area (Å²) in [7, 11) is 1.62. The van der Waals surface area contributed by atoms with Crippen LogP contribution >= 0.6 is 0 Å². The van der Waals surface area contributed by atoms with Gasteiger partial charge in [-0.05, 0) is 46.9 Å². The lowest BCUT2D eigenvalue weighted by atomic mass is 9.59. The number of hydrogen-bond donors (Lipinski definition) is 4. The summed E-state index contributed by atoms with van der Waals surface area (Å²) >= 11 is 0. The molecule has 0 aromatic heterocycles. The van der Waals surface area contributed by atoms with Crippen LogP contribution < -0.4 is 4.74 Å². The number of benzene rings is 3. The zero-order valence-corrected chi connectivity index (χ0v) is 27.6. The third-order valence-electron chi connectivity index (χ3n) is 12.2. The quantitative estimate of drug-likeness (QED) is 0.214. The van der Waals surface area contributed by atoms with Gasteiger partial charge < -0.3 is 29.9 Å². The lowest BCUT2D eigenvalue weighted by molar-refractivity contribution is -0.209. The van der Waals surface area contributed by atoms with Crippen LogP contribution in [0.15, 0.2) is 108 Å². The average molecular weight is 637 g/mol. The van der Waals surface area contributed by atoms with Gasteiger partial charge in [0.2, 0.25) is 0 Å². The fourth-order valence-corrected chi connectivity index (χ4v) is 9.56. The van der Waals surface area contributed by atoms with E-state index >= 15 is 0 Å². The highest BCUT2D eigenvalue weighted by atomic mass is 16.5. The Bertz CT molecular complexity index is 1710. The predicted octanol–water partition coefficient (Wildman–Crippen LogP) is 4.96. The molecule has 0 bridgehead atoms. The number of rotatable bonds is 7. The van der Waals surface area contributed by atoms with Crippen LogP contribution in [0.3, 0.4) is 0 Å². The first-order valence-electron chi connectivity index (χ1n) is 16.5. The van der Waals surface area contributed by atoms with Crippen LogP contribution in [0.2, 0.25) is 0 Å². The highest BCUT2D eigenvalue weighted by Crippen LogP contribution is 2.75. The maximum atomic E-state index is 13.8. The number of methoxy groups -OCH3 is 1. The summed E-state index contributed by atoms with van der Waals surface area (Å²) in [5.41, 5.74) is -3.18. The SMILES string of the molecule is COc1ccc(C(OCC2=C[C@H]3[C@@H]4C(C)(C)[C@]4(O)[C@H](O)[C@@H](C)[C@]3(O)[C@@H]3C=C(C)C(=O)[C@@]3(O)C2)(c2ccccc2)c2ccccc2)cc1. The van der Waals surface area contributed by atoms with Crippen molar-refractivity contribution in [3.63, 3.8) is 0 Å². The van der Waals surface area contributed by atoms with Gasteiger partial charge in [-0.2, -0.15) is 0 Å². The number of carbonyl (C=O) groups excluding carboxylic acids is 1. The summed E-state index contributed by atoms with van der Waals surface area (Å²) in [6.07, 6.45) is 2.31. The van der Waals surface area contributed by atoms with Gasteiger partial charge in [0.05, 0.1) is 25.4 Å². The van der Waals surface area contributed by atoms with Crippen LogP contribution in [0, 0.1) is 29.1 Å². The summed E-state index contributed by atoms with van der Waals surface area (Å²) in [6, 6.07) is 27.6. The fraction of sp³-hybridized carbons (Fsp3) is 0.425. The van der Waals surface area contributed by atoms with Crippen molar-refractivity contribution in [1.29, 1.82) is 0 Å². The lowest BCUT2D eigenvalue weighted by Crippen LogP contribution is -2.65. The molecule has 3 aromatic carbocycles. The highest BCUT2D eigenvalue weighted by molar-refractivity contribution is 6.04. The number of aliphatic hydroxyl groups is 4. The Balaban J connectivity index is 1.39. The third kappa shape index (κ3) is 4.20. The second kappa shape index (κ2) is 10.7. The zero-order valence-electron chi connectivity index (χ0n) is 27.6. The molecule has 4 aliphatic rings. The molecule has 7 nitrogen and oxygen atoms in total. The Morgan fingerprint density at radius 1 is 0.851 bits per heavy atom. The minimum atomic E-state index is -1.94. The second-order valence-electron chi connectivity index (χ2n) is 14.7. The number of fused-ring (bicyclic) bond motifs is 5. The Hall–Kier alpha value is -3.59. The van der Waals surface area contributed by atoms with Crippen molar-refractivity contribution in [2.75, 3.05) is 13.7 Å². The van der Waals surface area contributed by atoms with Gasteiger partial charge in [-0.3, -0.25) is 4.79 Å². The third-order valence-corrected chi connectivity index (χ3v) is 12.2. The first kappa shape index (κ1) is 32.0. The summed E-state index contributed by atoms with van der Waals surface area (Å²) in [5.74, 6) is -2.68. The predicted molar refractivity (Wildman–Crippen MR) is 177 cm³/mol. The van der Waals surface area contributed by atoms with E-state index in [1.807, 2.05) is 105 Å². The van der Waals surface area contributed by atoms with Crippen molar-refractivity contribution < 1.29 is 34.7 Å². The molecule has 7 heteroatoms. The smallest absolute Gasteiger partial charge is 0.190 e. The molecule has 4 aliphatic carbocycles. The first-order valence-corrected chi connectivity index (χ1v) is 16.5. The van der Waals surface area contributed by atoms with Crippen molar-refractivity contribution >= 4 is 5.78 Å². The molecule has 47 heavy (non-hydrogen) atoms. The number of ketones is 1. The first-order chi connectivity index (χ1) is 22.3. The van der Waals surface area contributed by atoms with E-state index < -0.39 is 63.4 Å². The number of aliphatic hydroxyl groups excluding tert-OH is 1. The van der Waals surface area contributed by atoms with Crippen molar-refractivity contribution in [1.82, 2.24) is 0 Å². The van der Waals surface area contributed by atoms with E-state index in [1.54, 1.807) is 27.0 Å². The van der Waals surface area contributed by atoms with Crippen LogP contribution in [-0.4, -0.2) is 62.8 Å². The van der Waals surface area contributed by atoms with E-state index in [-0.39, 0.29) is 13.0 Å². The molecule has 0 unspecified atom stereocenters. The molecular formula is C40H44O7. The molecule has 246 valence electrons. The number of Topliss-reactive ketones (excluding diaryl/α,β-unsaturated/α-hetero) is 1. The second-order valence-corrected chi connectivity index (χ2v) is 14.7. The summed E-state index contributed by atoms with van der Waals surface area (Å²) < 4.78 is 12.6. The Kier molecular flexibility index (Phi) is 7.29. The van der Waals surface area contributed by atoms with Crippen LogP contribution in [-0.2, 0) is 15.1 Å². The maximum absolute atomic E-state index is 13.8. The average Bonchev–Trinajstić information content (AvgIpc) is 3.48. The van der Waals surface area contributed by atoms with Crippen LogP contribution in [0.1, 0.15) is 50.8 Å². The van der Waals surface area contributed by atoms with Crippen molar-refractivity contribution in [3.8, 4) is 5.75 Å². The summed E-state index contributed by atoms with van der Waals surface area (Å²) in [4.78, 5) is 13.8. The molecule has 2 fully saturated rings. The topological polar surface area (TPSA) is 116 Å². The standard InChI is InChI=1S/C40H44O7/c1-24-20-32-37(43,34(24)41)22-26(21-31-33-36(3,4)40(33,45)35(42)25(2)38(31,32)44)23-47-39(27-12-8-6-9-13-27,28-14-10-7-11-15-28)29-16-18-30(46-5)19-17-29/h6-21,25,31-33,35,42-45H,22-23H2,1-5H3/t25-,31+,32-,33-,35-,37-,38-,40-/m1/s1. The normalized spacial score (nSPS) is 35.5. The van der Waals surface area contributed by atoms with Gasteiger partial charge in [0, 0.05) is 35.5 Å². The summed E-state index contributed by atoms with van der Waals surface area (Å²) in [6.45, 7) is 7.20. The van der Waals surface area contributed by atoms with Crippen molar-refractivity contribution in [2.24, 2.45) is 29.1 Å².